The number of pyridine rings is 1. The molecule has 7 heteroatoms. The summed E-state index contributed by atoms with van der Waals surface area (Å²) in [6.07, 6.45) is 10.5. The molecule has 0 atom stereocenters. The van der Waals surface area contributed by atoms with Crippen molar-refractivity contribution in [2.45, 2.75) is 44.8 Å². The van der Waals surface area contributed by atoms with Crippen LogP contribution in [0.5, 0.6) is 5.75 Å². The number of rotatable bonds is 4. The van der Waals surface area contributed by atoms with Crippen molar-refractivity contribution < 1.29 is 9.53 Å². The van der Waals surface area contributed by atoms with E-state index < -0.39 is 0 Å². The zero-order valence-electron chi connectivity index (χ0n) is 14.6. The van der Waals surface area contributed by atoms with Crippen LogP contribution in [0, 0.1) is 6.92 Å². The quantitative estimate of drug-likeness (QED) is 0.781. The van der Waals surface area contributed by atoms with Crippen LogP contribution >= 0.6 is 0 Å². The molecule has 1 fully saturated rings. The maximum Gasteiger partial charge on any atom is 0.256 e. The lowest BCUT2D eigenvalue weighted by Crippen LogP contribution is -2.39. The second-order valence-electron chi connectivity index (χ2n) is 6.60. The molecule has 3 heterocycles. The number of hydrogen-bond acceptors (Lipinski definition) is 5. The minimum atomic E-state index is -0.119. The summed E-state index contributed by atoms with van der Waals surface area (Å²) < 4.78 is 7.68. The first-order chi connectivity index (χ1) is 12.7. The smallest absolute Gasteiger partial charge is 0.256 e. The third-order valence-electron chi connectivity index (χ3n) is 4.79. The third-order valence-corrected chi connectivity index (χ3v) is 4.79. The molecule has 1 aliphatic rings. The van der Waals surface area contributed by atoms with Gasteiger partial charge >= 0.3 is 0 Å². The van der Waals surface area contributed by atoms with Crippen LogP contribution in [0.2, 0.25) is 0 Å². The van der Waals surface area contributed by atoms with Gasteiger partial charge in [0.1, 0.15) is 11.3 Å². The number of carbonyl (C=O) groups excluding carboxylic acids is 1. The Labute approximate surface area is 151 Å². The molecule has 0 spiro atoms. The number of aromatic nitrogens is 4. The van der Waals surface area contributed by atoms with Crippen molar-refractivity contribution in [2.24, 2.45) is 0 Å². The van der Waals surface area contributed by atoms with Gasteiger partial charge in [-0.05, 0) is 50.8 Å². The molecule has 3 aromatic rings. The molecule has 1 N–H and O–H groups in total. The molecule has 0 unspecified atom stereocenters. The average molecular weight is 351 g/mol. The SMILES string of the molecule is Cc1ncccc1OC1CCC(NC(=O)c2cnn3cccnc23)CC1. The van der Waals surface area contributed by atoms with Crippen LogP contribution in [-0.4, -0.2) is 37.6 Å². The van der Waals surface area contributed by atoms with Crippen molar-refractivity contribution in [2.75, 3.05) is 0 Å². The molecule has 0 saturated heterocycles. The van der Waals surface area contributed by atoms with Gasteiger partial charge in [0.25, 0.3) is 5.91 Å². The largest absolute Gasteiger partial charge is 0.489 e. The summed E-state index contributed by atoms with van der Waals surface area (Å²) >= 11 is 0. The summed E-state index contributed by atoms with van der Waals surface area (Å²) in [5.41, 5.74) is 1.99. The molecule has 4 rings (SSSR count). The maximum atomic E-state index is 12.6. The summed E-state index contributed by atoms with van der Waals surface area (Å²) in [6, 6.07) is 5.77. The molecule has 3 aromatic heterocycles. The number of aryl methyl sites for hydroxylation is 1. The zero-order chi connectivity index (χ0) is 17.9. The Morgan fingerprint density at radius 2 is 2.00 bits per heavy atom. The van der Waals surface area contributed by atoms with E-state index in [9.17, 15) is 4.79 Å². The van der Waals surface area contributed by atoms with Gasteiger partial charge in [0, 0.05) is 24.6 Å². The summed E-state index contributed by atoms with van der Waals surface area (Å²) in [7, 11) is 0. The van der Waals surface area contributed by atoms with Gasteiger partial charge in [-0.3, -0.25) is 9.78 Å². The molecule has 1 amide bonds. The van der Waals surface area contributed by atoms with E-state index in [1.54, 1.807) is 35.4 Å². The molecule has 134 valence electrons. The minimum Gasteiger partial charge on any atom is -0.489 e. The van der Waals surface area contributed by atoms with E-state index in [4.69, 9.17) is 4.74 Å². The van der Waals surface area contributed by atoms with E-state index >= 15 is 0 Å². The van der Waals surface area contributed by atoms with E-state index in [0.717, 1.165) is 37.1 Å². The summed E-state index contributed by atoms with van der Waals surface area (Å²) in [6.45, 7) is 1.95. The number of carbonyl (C=O) groups is 1. The molecular weight excluding hydrogens is 330 g/mol. The number of nitrogens with one attached hydrogen (secondary N) is 1. The molecule has 1 aliphatic carbocycles. The van der Waals surface area contributed by atoms with Crippen LogP contribution in [0.4, 0.5) is 0 Å². The number of ether oxygens (including phenoxy) is 1. The van der Waals surface area contributed by atoms with Gasteiger partial charge in [-0.2, -0.15) is 5.10 Å². The van der Waals surface area contributed by atoms with Crippen molar-refractivity contribution in [3.8, 4) is 5.75 Å². The van der Waals surface area contributed by atoms with E-state index in [0.29, 0.717) is 11.2 Å². The monoisotopic (exact) mass is 351 g/mol. The standard InChI is InChI=1S/C19H21N5O2/c1-13-17(4-2-9-20-13)26-15-7-5-14(6-8-15)23-19(25)16-12-22-24-11-3-10-21-18(16)24/h2-4,9-12,14-15H,5-8H2,1H3,(H,23,25). The van der Waals surface area contributed by atoms with Crippen LogP contribution < -0.4 is 10.1 Å². The van der Waals surface area contributed by atoms with Crippen molar-refractivity contribution >= 4 is 11.6 Å². The fourth-order valence-electron chi connectivity index (χ4n) is 3.35. The molecule has 0 aromatic carbocycles. The zero-order valence-corrected chi connectivity index (χ0v) is 14.6. The van der Waals surface area contributed by atoms with Gasteiger partial charge in [-0.1, -0.05) is 0 Å². The molecule has 7 nitrogen and oxygen atoms in total. The van der Waals surface area contributed by atoms with Crippen LogP contribution in [0.1, 0.15) is 41.7 Å². The Hall–Kier alpha value is -2.96. The topological polar surface area (TPSA) is 81.4 Å². The number of fused-ring (bicyclic) bond motifs is 1. The molecule has 0 bridgehead atoms. The highest BCUT2D eigenvalue weighted by molar-refractivity contribution is 5.99. The van der Waals surface area contributed by atoms with Crippen LogP contribution in [-0.2, 0) is 0 Å². The van der Waals surface area contributed by atoms with Crippen molar-refractivity contribution in [3.05, 3.63) is 54.2 Å². The van der Waals surface area contributed by atoms with Crippen LogP contribution in [0.3, 0.4) is 0 Å². The average Bonchev–Trinajstić information content (AvgIpc) is 3.09. The Kier molecular flexibility index (Phi) is 4.51. The van der Waals surface area contributed by atoms with E-state index in [2.05, 4.69) is 20.4 Å². The third kappa shape index (κ3) is 3.37. The summed E-state index contributed by atoms with van der Waals surface area (Å²) in [5.74, 6) is 0.726. The highest BCUT2D eigenvalue weighted by Crippen LogP contribution is 2.25. The number of amides is 1. The van der Waals surface area contributed by atoms with Crippen molar-refractivity contribution in [1.82, 2.24) is 24.9 Å². The Morgan fingerprint density at radius 1 is 1.19 bits per heavy atom. The molecule has 0 radical (unpaired) electrons. The van der Waals surface area contributed by atoms with Gasteiger partial charge in [0.15, 0.2) is 5.65 Å². The maximum absolute atomic E-state index is 12.6. The van der Waals surface area contributed by atoms with E-state index in [-0.39, 0.29) is 18.1 Å². The Bertz CT molecular complexity index is 915. The van der Waals surface area contributed by atoms with Gasteiger partial charge in [-0.15, -0.1) is 0 Å². The second-order valence-corrected chi connectivity index (χ2v) is 6.60. The first kappa shape index (κ1) is 16.5. The van der Waals surface area contributed by atoms with Crippen molar-refractivity contribution in [1.29, 1.82) is 0 Å². The molecule has 1 saturated carbocycles. The Balaban J connectivity index is 1.34. The van der Waals surface area contributed by atoms with Gasteiger partial charge < -0.3 is 10.1 Å². The lowest BCUT2D eigenvalue weighted by atomic mass is 9.92. The molecule has 26 heavy (non-hydrogen) atoms. The van der Waals surface area contributed by atoms with Gasteiger partial charge in [0.2, 0.25) is 0 Å². The van der Waals surface area contributed by atoms with Crippen molar-refractivity contribution in [3.63, 3.8) is 0 Å². The predicted octanol–water partition coefficient (Wildman–Crippen LogP) is 2.55. The fourth-order valence-corrected chi connectivity index (χ4v) is 3.35. The van der Waals surface area contributed by atoms with E-state index in [1.807, 2.05) is 19.1 Å². The summed E-state index contributed by atoms with van der Waals surface area (Å²) in [5, 5.41) is 7.28. The highest BCUT2D eigenvalue weighted by atomic mass is 16.5. The molecular formula is C19H21N5O2. The molecule has 0 aliphatic heterocycles. The van der Waals surface area contributed by atoms with E-state index in [1.165, 1.54) is 0 Å². The van der Waals surface area contributed by atoms with Crippen LogP contribution in [0.25, 0.3) is 5.65 Å². The number of hydrogen-bond donors (Lipinski definition) is 1. The van der Waals surface area contributed by atoms with Gasteiger partial charge in [0.05, 0.1) is 18.0 Å². The minimum absolute atomic E-state index is 0.119. The lowest BCUT2D eigenvalue weighted by molar-refractivity contribution is 0.0894. The second kappa shape index (κ2) is 7.11. The predicted molar refractivity (Wildman–Crippen MR) is 96.1 cm³/mol. The first-order valence-electron chi connectivity index (χ1n) is 8.88. The highest BCUT2D eigenvalue weighted by Gasteiger charge is 2.25. The first-order valence-corrected chi connectivity index (χ1v) is 8.88. The normalized spacial score (nSPS) is 20.0. The summed E-state index contributed by atoms with van der Waals surface area (Å²) in [4.78, 5) is 21.1. The van der Waals surface area contributed by atoms with Crippen LogP contribution in [0.15, 0.2) is 43.0 Å². The number of nitrogens with zero attached hydrogens (tertiary/aromatic N) is 4. The lowest BCUT2D eigenvalue weighted by Gasteiger charge is -2.29. The fraction of sp³-hybridized carbons (Fsp3) is 0.368. The Morgan fingerprint density at radius 3 is 2.81 bits per heavy atom. The van der Waals surface area contributed by atoms with Gasteiger partial charge in [-0.25, -0.2) is 9.50 Å².